The van der Waals surface area contributed by atoms with Crippen LogP contribution >= 0.6 is 23.2 Å². The third-order valence-corrected chi connectivity index (χ3v) is 7.07. The van der Waals surface area contributed by atoms with E-state index in [-0.39, 0.29) is 5.56 Å². The second-order valence-electron chi connectivity index (χ2n) is 9.24. The van der Waals surface area contributed by atoms with Gasteiger partial charge in [-0.15, -0.1) is 0 Å². The van der Waals surface area contributed by atoms with Crippen molar-refractivity contribution in [3.05, 3.63) is 135 Å². The van der Waals surface area contributed by atoms with Crippen LogP contribution in [0.2, 0.25) is 10.0 Å². The van der Waals surface area contributed by atoms with Gasteiger partial charge in [-0.25, -0.2) is 9.78 Å². The van der Waals surface area contributed by atoms with Crippen LogP contribution in [0.4, 0.5) is 13.2 Å². The van der Waals surface area contributed by atoms with Gasteiger partial charge in [0.05, 0.1) is 26.9 Å². The molecule has 1 N–H and O–H groups in total. The quantitative estimate of drug-likeness (QED) is 0.205. The highest BCUT2D eigenvalue weighted by molar-refractivity contribution is 6.39. The summed E-state index contributed by atoms with van der Waals surface area (Å²) in [5.74, 6) is -0.405. The number of carboxylic acid groups (broad SMARTS) is 1. The molecule has 0 aliphatic rings. The predicted molar refractivity (Wildman–Crippen MR) is 156 cm³/mol. The van der Waals surface area contributed by atoms with Crippen molar-refractivity contribution in [3.63, 3.8) is 0 Å². The molecule has 1 aromatic heterocycles. The molecule has 5 rings (SSSR count). The molecule has 0 fully saturated rings. The molecule has 0 bridgehead atoms. The number of alkyl halides is 3. The van der Waals surface area contributed by atoms with E-state index in [4.69, 9.17) is 28.2 Å². The van der Waals surface area contributed by atoms with Gasteiger partial charge in [-0.05, 0) is 64.7 Å². The highest BCUT2D eigenvalue weighted by atomic mass is 35.5. The van der Waals surface area contributed by atoms with Crippen LogP contribution in [-0.4, -0.2) is 20.6 Å². The lowest BCUT2D eigenvalue weighted by atomic mass is 10.0. The molecule has 206 valence electrons. The number of halogens is 5. The first-order valence-corrected chi connectivity index (χ1v) is 13.1. The summed E-state index contributed by atoms with van der Waals surface area (Å²) >= 11 is 12.9. The van der Waals surface area contributed by atoms with Crippen LogP contribution < -0.4 is 0 Å². The Morgan fingerprint density at radius 1 is 0.854 bits per heavy atom. The number of nitrogens with zero attached hydrogens (tertiary/aromatic N) is 2. The number of hydrogen-bond donors (Lipinski definition) is 1. The van der Waals surface area contributed by atoms with Gasteiger partial charge in [-0.1, -0.05) is 83.9 Å². The van der Waals surface area contributed by atoms with E-state index in [2.05, 4.69) is 0 Å². The highest BCUT2D eigenvalue weighted by Crippen LogP contribution is 2.35. The fourth-order valence-corrected chi connectivity index (χ4v) is 4.93. The van der Waals surface area contributed by atoms with Crippen LogP contribution in [0.1, 0.15) is 32.9 Å². The summed E-state index contributed by atoms with van der Waals surface area (Å²) in [6.45, 7) is 0.406. The van der Waals surface area contributed by atoms with E-state index in [1.807, 2.05) is 35.0 Å². The first-order chi connectivity index (χ1) is 19.6. The smallest absolute Gasteiger partial charge is 0.416 e. The summed E-state index contributed by atoms with van der Waals surface area (Å²) in [6, 6.07) is 24.2. The monoisotopic (exact) mass is 592 g/mol. The molecule has 0 unspecified atom stereocenters. The van der Waals surface area contributed by atoms with Crippen molar-refractivity contribution in [3.8, 4) is 22.4 Å². The van der Waals surface area contributed by atoms with Crippen LogP contribution in [0.25, 0.3) is 34.5 Å². The molecule has 0 saturated carbocycles. The Bertz CT molecular complexity index is 1720. The van der Waals surface area contributed by atoms with Crippen LogP contribution in [0.15, 0.2) is 97.2 Å². The standard InChI is InChI=1S/C32H21Cl2F3N2O2/c33-26-5-2-6-27(34)30(26)28-19-39(18-21-9-14-23(15-10-21)31(40)41)29(38-28)16-11-20-7-12-22(13-8-20)24-3-1-4-25(17-24)32(35,36)37/h1-17,19H,18H2,(H,40,41)/b16-11+. The Labute approximate surface area is 243 Å². The van der Waals surface area contributed by atoms with Crippen molar-refractivity contribution >= 4 is 41.3 Å². The number of rotatable bonds is 7. The fraction of sp³-hybridized carbons (Fsp3) is 0.0625. The van der Waals surface area contributed by atoms with E-state index in [0.717, 1.165) is 23.3 Å². The third kappa shape index (κ3) is 6.53. The molecule has 0 saturated heterocycles. The summed E-state index contributed by atoms with van der Waals surface area (Å²) in [6.07, 6.45) is 1.08. The number of hydrogen-bond acceptors (Lipinski definition) is 2. The zero-order valence-electron chi connectivity index (χ0n) is 21.2. The molecule has 41 heavy (non-hydrogen) atoms. The maximum absolute atomic E-state index is 13.1. The van der Waals surface area contributed by atoms with E-state index >= 15 is 0 Å². The average molecular weight is 593 g/mol. The summed E-state index contributed by atoms with van der Waals surface area (Å²) in [4.78, 5) is 16.0. The van der Waals surface area contributed by atoms with Crippen LogP contribution in [0, 0.1) is 0 Å². The molecule has 5 aromatic rings. The van der Waals surface area contributed by atoms with Crippen molar-refractivity contribution in [2.75, 3.05) is 0 Å². The van der Waals surface area contributed by atoms with E-state index < -0.39 is 17.7 Å². The van der Waals surface area contributed by atoms with Crippen molar-refractivity contribution in [1.82, 2.24) is 9.55 Å². The number of aromatic carboxylic acids is 1. The topological polar surface area (TPSA) is 55.1 Å². The van der Waals surface area contributed by atoms with Crippen molar-refractivity contribution in [2.24, 2.45) is 0 Å². The Morgan fingerprint density at radius 2 is 1.51 bits per heavy atom. The second kappa shape index (κ2) is 11.6. The second-order valence-corrected chi connectivity index (χ2v) is 10.1. The van der Waals surface area contributed by atoms with Gasteiger partial charge in [0.2, 0.25) is 0 Å². The van der Waals surface area contributed by atoms with Crippen molar-refractivity contribution < 1.29 is 23.1 Å². The van der Waals surface area contributed by atoms with Crippen LogP contribution in [-0.2, 0) is 12.7 Å². The van der Waals surface area contributed by atoms with Gasteiger partial charge in [0.15, 0.2) is 0 Å². The Hall–Kier alpha value is -4.33. The minimum atomic E-state index is -4.41. The van der Waals surface area contributed by atoms with Crippen LogP contribution in [0.3, 0.4) is 0 Å². The SMILES string of the molecule is O=C(O)c1ccc(Cn2cc(-c3c(Cl)cccc3Cl)nc2/C=C/c2ccc(-c3cccc(C(F)(F)F)c3)cc2)cc1. The summed E-state index contributed by atoms with van der Waals surface area (Å²) in [5, 5.41) is 10.1. The van der Waals surface area contributed by atoms with Gasteiger partial charge in [0.25, 0.3) is 0 Å². The maximum atomic E-state index is 13.1. The van der Waals surface area contributed by atoms with Gasteiger partial charge in [-0.2, -0.15) is 13.2 Å². The van der Waals surface area contributed by atoms with E-state index in [1.165, 1.54) is 6.07 Å². The van der Waals surface area contributed by atoms with Gasteiger partial charge >= 0.3 is 12.1 Å². The van der Waals surface area contributed by atoms with Crippen molar-refractivity contribution in [2.45, 2.75) is 12.7 Å². The molecule has 1 heterocycles. The lowest BCUT2D eigenvalue weighted by molar-refractivity contribution is -0.137. The third-order valence-electron chi connectivity index (χ3n) is 6.44. The molecular formula is C32H21Cl2F3N2O2. The van der Waals surface area contributed by atoms with Gasteiger partial charge in [-0.3, -0.25) is 0 Å². The molecule has 0 spiro atoms. The maximum Gasteiger partial charge on any atom is 0.416 e. The minimum Gasteiger partial charge on any atom is -0.478 e. The predicted octanol–water partition coefficient (Wildman–Crippen LogP) is 9.46. The Morgan fingerprint density at radius 3 is 2.15 bits per heavy atom. The van der Waals surface area contributed by atoms with Crippen LogP contribution in [0.5, 0.6) is 0 Å². The zero-order valence-corrected chi connectivity index (χ0v) is 22.8. The fourth-order valence-electron chi connectivity index (χ4n) is 4.33. The Kier molecular flexibility index (Phi) is 8.01. The molecule has 9 heteroatoms. The lowest BCUT2D eigenvalue weighted by Gasteiger charge is -2.09. The van der Waals surface area contributed by atoms with E-state index in [1.54, 1.807) is 60.7 Å². The van der Waals surface area contributed by atoms with Gasteiger partial charge < -0.3 is 9.67 Å². The first kappa shape index (κ1) is 28.2. The molecule has 4 aromatic carbocycles. The normalized spacial score (nSPS) is 11.7. The number of carboxylic acids is 1. The number of aromatic nitrogens is 2. The molecule has 0 amide bonds. The summed E-state index contributed by atoms with van der Waals surface area (Å²) < 4.78 is 41.3. The molecule has 0 aliphatic heterocycles. The largest absolute Gasteiger partial charge is 0.478 e. The van der Waals surface area contributed by atoms with E-state index in [0.29, 0.717) is 44.8 Å². The molecular weight excluding hydrogens is 572 g/mol. The van der Waals surface area contributed by atoms with Gasteiger partial charge in [0.1, 0.15) is 5.82 Å². The van der Waals surface area contributed by atoms with Gasteiger partial charge in [0, 0.05) is 18.3 Å². The number of carbonyl (C=O) groups is 1. The first-order valence-electron chi connectivity index (χ1n) is 12.4. The lowest BCUT2D eigenvalue weighted by Crippen LogP contribution is -2.04. The summed E-state index contributed by atoms with van der Waals surface area (Å²) in [5.41, 5.74) is 3.48. The summed E-state index contributed by atoms with van der Waals surface area (Å²) in [7, 11) is 0. The number of imidazole rings is 1. The molecule has 4 nitrogen and oxygen atoms in total. The molecule has 0 aliphatic carbocycles. The molecule has 0 atom stereocenters. The molecule has 0 radical (unpaired) electrons. The Balaban J connectivity index is 1.45. The highest BCUT2D eigenvalue weighted by Gasteiger charge is 2.30. The minimum absolute atomic E-state index is 0.191. The van der Waals surface area contributed by atoms with Crippen molar-refractivity contribution in [1.29, 1.82) is 0 Å². The number of benzene rings is 4. The average Bonchev–Trinajstić information content (AvgIpc) is 3.33. The zero-order chi connectivity index (χ0) is 29.1. The van der Waals surface area contributed by atoms with E-state index in [9.17, 15) is 23.1 Å².